The highest BCUT2D eigenvalue weighted by molar-refractivity contribution is 5.93. The van der Waals surface area contributed by atoms with Gasteiger partial charge in [-0.1, -0.05) is 12.1 Å². The van der Waals surface area contributed by atoms with Gasteiger partial charge in [-0.2, -0.15) is 0 Å². The van der Waals surface area contributed by atoms with Gasteiger partial charge in [0.25, 0.3) is 5.91 Å². The fourth-order valence-electron chi connectivity index (χ4n) is 3.75. The second-order valence-corrected chi connectivity index (χ2v) is 7.33. The van der Waals surface area contributed by atoms with Crippen LogP contribution in [0.1, 0.15) is 41.3 Å². The number of aromatic nitrogens is 2. The predicted molar refractivity (Wildman–Crippen MR) is 114 cm³/mol. The third kappa shape index (κ3) is 4.11. The van der Waals surface area contributed by atoms with Crippen LogP contribution in [0.2, 0.25) is 0 Å². The molecule has 0 bridgehead atoms. The van der Waals surface area contributed by atoms with Gasteiger partial charge in [-0.3, -0.25) is 4.79 Å². The molecule has 3 rings (SSSR count). The Morgan fingerprint density at radius 3 is 2.29 bits per heavy atom. The molecule has 6 nitrogen and oxygen atoms in total. The fraction of sp³-hybridized carbons (Fsp3) is 0.500. The summed E-state index contributed by atoms with van der Waals surface area (Å²) >= 11 is 0. The monoisotopic (exact) mass is 381 g/mol. The van der Waals surface area contributed by atoms with Crippen LogP contribution in [-0.2, 0) is 0 Å². The maximum atomic E-state index is 12.7. The summed E-state index contributed by atoms with van der Waals surface area (Å²) in [5.74, 6) is 1.47. The zero-order valence-corrected chi connectivity index (χ0v) is 17.7. The number of benzene rings is 1. The molecule has 1 aromatic heterocycles. The molecule has 0 spiro atoms. The Bertz CT molecular complexity index is 839. The number of carbonyl (C=O) groups is 1. The highest BCUT2D eigenvalue weighted by atomic mass is 16.2. The minimum Gasteiger partial charge on any atom is -0.368 e. The molecule has 1 aromatic carbocycles. The van der Waals surface area contributed by atoms with Crippen molar-refractivity contribution in [1.29, 1.82) is 0 Å². The third-order valence-electron chi connectivity index (χ3n) is 5.61. The van der Waals surface area contributed by atoms with Gasteiger partial charge in [0.15, 0.2) is 0 Å². The summed E-state index contributed by atoms with van der Waals surface area (Å²) in [5, 5.41) is 0. The van der Waals surface area contributed by atoms with E-state index in [2.05, 4.69) is 51.8 Å². The Labute approximate surface area is 168 Å². The summed E-state index contributed by atoms with van der Waals surface area (Å²) in [7, 11) is 0. The van der Waals surface area contributed by atoms with E-state index < -0.39 is 0 Å². The molecular weight excluding hydrogens is 350 g/mol. The lowest BCUT2D eigenvalue weighted by Gasteiger charge is -2.37. The van der Waals surface area contributed by atoms with Crippen LogP contribution in [0.25, 0.3) is 0 Å². The molecule has 0 atom stereocenters. The van der Waals surface area contributed by atoms with Gasteiger partial charge in [-0.15, -0.1) is 0 Å². The van der Waals surface area contributed by atoms with Crippen LogP contribution in [0.5, 0.6) is 0 Å². The summed E-state index contributed by atoms with van der Waals surface area (Å²) in [6.45, 7) is 15.2. The standard InChI is InChI=1S/C22H31N5O/c1-6-25(7-2)22(28)19-15-21(24-18(5)23-19)27-13-11-26(12-14-27)20-10-8-9-16(3)17(20)4/h8-10,15H,6-7,11-14H2,1-5H3. The second-order valence-electron chi connectivity index (χ2n) is 7.33. The summed E-state index contributed by atoms with van der Waals surface area (Å²) in [5.41, 5.74) is 4.48. The van der Waals surface area contributed by atoms with Crippen molar-refractivity contribution in [2.24, 2.45) is 0 Å². The first-order chi connectivity index (χ1) is 13.4. The molecular formula is C22H31N5O. The number of amides is 1. The average Bonchev–Trinajstić information content (AvgIpc) is 2.70. The zero-order chi connectivity index (χ0) is 20.3. The molecule has 0 saturated carbocycles. The van der Waals surface area contributed by atoms with Gasteiger partial charge in [0.05, 0.1) is 0 Å². The molecule has 0 N–H and O–H groups in total. The minimum atomic E-state index is -0.0224. The molecule has 1 amide bonds. The van der Waals surface area contributed by atoms with E-state index in [1.54, 1.807) is 4.90 Å². The van der Waals surface area contributed by atoms with Crippen molar-refractivity contribution in [3.05, 3.63) is 46.9 Å². The van der Waals surface area contributed by atoms with Gasteiger partial charge >= 0.3 is 0 Å². The molecule has 1 fully saturated rings. The lowest BCUT2D eigenvalue weighted by Crippen LogP contribution is -2.47. The van der Waals surface area contributed by atoms with E-state index in [1.165, 1.54) is 16.8 Å². The van der Waals surface area contributed by atoms with Gasteiger partial charge in [-0.05, 0) is 51.8 Å². The number of rotatable bonds is 5. The van der Waals surface area contributed by atoms with Crippen LogP contribution < -0.4 is 9.80 Å². The van der Waals surface area contributed by atoms with Crippen molar-refractivity contribution in [2.75, 3.05) is 49.1 Å². The number of carbonyl (C=O) groups excluding carboxylic acids is 1. The van der Waals surface area contributed by atoms with Crippen LogP contribution in [0.4, 0.5) is 11.5 Å². The Morgan fingerprint density at radius 1 is 1.00 bits per heavy atom. The number of anilines is 2. The van der Waals surface area contributed by atoms with Gasteiger partial charge in [0.2, 0.25) is 0 Å². The van der Waals surface area contributed by atoms with Crippen molar-refractivity contribution in [1.82, 2.24) is 14.9 Å². The van der Waals surface area contributed by atoms with E-state index in [1.807, 2.05) is 26.8 Å². The molecule has 2 heterocycles. The van der Waals surface area contributed by atoms with E-state index in [0.717, 1.165) is 32.0 Å². The fourth-order valence-corrected chi connectivity index (χ4v) is 3.75. The largest absolute Gasteiger partial charge is 0.368 e. The lowest BCUT2D eigenvalue weighted by atomic mass is 10.1. The van der Waals surface area contributed by atoms with Gasteiger partial charge in [0.1, 0.15) is 17.3 Å². The Balaban J connectivity index is 1.75. The zero-order valence-electron chi connectivity index (χ0n) is 17.7. The van der Waals surface area contributed by atoms with E-state index in [0.29, 0.717) is 24.6 Å². The SMILES string of the molecule is CCN(CC)C(=O)c1cc(N2CCN(c3cccc(C)c3C)CC2)nc(C)n1. The minimum absolute atomic E-state index is 0.0224. The average molecular weight is 382 g/mol. The van der Waals surface area contributed by atoms with Crippen molar-refractivity contribution in [3.8, 4) is 0 Å². The maximum Gasteiger partial charge on any atom is 0.272 e. The molecule has 0 unspecified atom stereocenters. The smallest absolute Gasteiger partial charge is 0.272 e. The number of piperazine rings is 1. The summed E-state index contributed by atoms with van der Waals surface area (Å²) < 4.78 is 0. The molecule has 0 radical (unpaired) electrons. The Kier molecular flexibility index (Phi) is 6.17. The highest BCUT2D eigenvalue weighted by Gasteiger charge is 2.22. The van der Waals surface area contributed by atoms with E-state index in [9.17, 15) is 4.79 Å². The molecule has 2 aromatic rings. The van der Waals surface area contributed by atoms with Crippen LogP contribution in [0, 0.1) is 20.8 Å². The first-order valence-electron chi connectivity index (χ1n) is 10.2. The number of nitrogens with zero attached hydrogens (tertiary/aromatic N) is 5. The van der Waals surface area contributed by atoms with Crippen LogP contribution in [0.15, 0.2) is 24.3 Å². The number of hydrogen-bond acceptors (Lipinski definition) is 5. The normalized spacial score (nSPS) is 14.3. The van der Waals surface area contributed by atoms with E-state index in [4.69, 9.17) is 0 Å². The second kappa shape index (κ2) is 8.59. The van der Waals surface area contributed by atoms with Crippen LogP contribution in [0.3, 0.4) is 0 Å². The Hall–Kier alpha value is -2.63. The molecule has 0 aliphatic carbocycles. The van der Waals surface area contributed by atoms with Crippen LogP contribution >= 0.6 is 0 Å². The molecule has 1 aliphatic heterocycles. The van der Waals surface area contributed by atoms with Crippen molar-refractivity contribution in [3.63, 3.8) is 0 Å². The summed E-state index contributed by atoms with van der Waals surface area (Å²) in [6.07, 6.45) is 0. The van der Waals surface area contributed by atoms with Crippen molar-refractivity contribution < 1.29 is 4.79 Å². The molecule has 6 heteroatoms. The number of aryl methyl sites for hydroxylation is 2. The van der Waals surface area contributed by atoms with Gasteiger partial charge in [0, 0.05) is 51.0 Å². The molecule has 1 aliphatic rings. The first kappa shape index (κ1) is 20.1. The highest BCUT2D eigenvalue weighted by Crippen LogP contribution is 2.25. The molecule has 1 saturated heterocycles. The van der Waals surface area contributed by atoms with Crippen molar-refractivity contribution >= 4 is 17.4 Å². The quantitative estimate of drug-likeness (QED) is 0.796. The van der Waals surface area contributed by atoms with E-state index >= 15 is 0 Å². The predicted octanol–water partition coefficient (Wildman–Crippen LogP) is 3.21. The van der Waals surface area contributed by atoms with Crippen LogP contribution in [-0.4, -0.2) is 60.0 Å². The molecule has 28 heavy (non-hydrogen) atoms. The Morgan fingerprint density at radius 2 is 1.64 bits per heavy atom. The van der Waals surface area contributed by atoms with Gasteiger partial charge in [-0.25, -0.2) is 9.97 Å². The third-order valence-corrected chi connectivity index (χ3v) is 5.61. The molecule has 150 valence electrons. The number of hydrogen-bond donors (Lipinski definition) is 0. The van der Waals surface area contributed by atoms with E-state index in [-0.39, 0.29) is 5.91 Å². The lowest BCUT2D eigenvalue weighted by molar-refractivity contribution is 0.0766. The topological polar surface area (TPSA) is 52.6 Å². The van der Waals surface area contributed by atoms with Crippen molar-refractivity contribution in [2.45, 2.75) is 34.6 Å². The maximum absolute atomic E-state index is 12.7. The first-order valence-corrected chi connectivity index (χ1v) is 10.2. The summed E-state index contributed by atoms with van der Waals surface area (Å²) in [4.78, 5) is 28.2. The van der Waals surface area contributed by atoms with Gasteiger partial charge < -0.3 is 14.7 Å². The summed E-state index contributed by atoms with van der Waals surface area (Å²) in [6, 6.07) is 8.34.